The number of nitrogens with one attached hydrogen (secondary N) is 2. The highest BCUT2D eigenvalue weighted by molar-refractivity contribution is 5.91. The van der Waals surface area contributed by atoms with Crippen LogP contribution in [0.15, 0.2) is 54.7 Å². The van der Waals surface area contributed by atoms with Crippen molar-refractivity contribution in [3.8, 4) is 0 Å². The molecule has 7 nitrogen and oxygen atoms in total. The van der Waals surface area contributed by atoms with Gasteiger partial charge in [-0.15, -0.1) is 0 Å². The van der Waals surface area contributed by atoms with E-state index < -0.39 is 11.6 Å². The topological polar surface area (TPSA) is 71.7 Å². The number of piperidine rings is 2. The molecule has 42 heavy (non-hydrogen) atoms. The van der Waals surface area contributed by atoms with Gasteiger partial charge >= 0.3 is 0 Å². The van der Waals surface area contributed by atoms with Gasteiger partial charge in [-0.2, -0.15) is 0 Å². The number of para-hydroxylation sites is 1. The summed E-state index contributed by atoms with van der Waals surface area (Å²) in [7, 11) is 3.77. The summed E-state index contributed by atoms with van der Waals surface area (Å²) < 4.78 is 27.0. The van der Waals surface area contributed by atoms with Gasteiger partial charge in [0.1, 0.15) is 11.6 Å². The molecule has 1 atom stereocenters. The molecule has 2 amide bonds. The van der Waals surface area contributed by atoms with Gasteiger partial charge in [-0.1, -0.05) is 18.2 Å². The number of likely N-dealkylation sites (tertiary alicyclic amines) is 2. The number of nitrogens with zero attached hydrogens (tertiary/aromatic N) is 3. The molecule has 2 N–H and O–H groups in total. The molecule has 9 heteroatoms. The van der Waals surface area contributed by atoms with Gasteiger partial charge in [0.25, 0.3) is 0 Å². The lowest BCUT2D eigenvalue weighted by Crippen LogP contribution is -2.53. The largest absolute Gasteiger partial charge is 0.361 e. The molecule has 2 aromatic carbocycles. The second kappa shape index (κ2) is 13.6. The molecule has 0 saturated carbocycles. The molecule has 2 aliphatic heterocycles. The highest BCUT2D eigenvalue weighted by Gasteiger charge is 2.34. The van der Waals surface area contributed by atoms with Gasteiger partial charge in [0.05, 0.1) is 6.54 Å². The van der Waals surface area contributed by atoms with Crippen molar-refractivity contribution >= 4 is 28.8 Å². The Morgan fingerprint density at radius 2 is 1.71 bits per heavy atom. The average molecular weight is 578 g/mol. The number of amides is 2. The minimum atomic E-state index is -0.669. The average Bonchev–Trinajstić information content (AvgIpc) is 3.40. The molecule has 0 radical (unpaired) electrons. The Bertz CT molecular complexity index is 1380. The fourth-order valence-corrected chi connectivity index (χ4v) is 6.58. The second-order valence-corrected chi connectivity index (χ2v) is 11.9. The standard InChI is InChI=1S/C33H41F2N5O2/c1-38(2)22-32(41)37-21-31(39-13-9-24(10-14-39)29-20-36-30-6-4-3-5-28(29)30)25-11-15-40(16-12-25)33(42)8-7-23-17-26(34)19-27(35)18-23/h3-8,17-20,24-25,31,36H,9-16,21-22H2,1-2H3,(H,37,41)/b8-7+. The molecule has 0 aliphatic carbocycles. The predicted molar refractivity (Wildman–Crippen MR) is 162 cm³/mol. The smallest absolute Gasteiger partial charge is 0.246 e. The van der Waals surface area contributed by atoms with Crippen LogP contribution in [0.2, 0.25) is 0 Å². The van der Waals surface area contributed by atoms with Crippen LogP contribution in [0.4, 0.5) is 8.78 Å². The molecule has 1 aromatic heterocycles. The summed E-state index contributed by atoms with van der Waals surface area (Å²) in [5.41, 5.74) is 2.89. The Hall–Kier alpha value is -3.56. The molecule has 2 fully saturated rings. The zero-order chi connectivity index (χ0) is 29.6. The molecule has 2 saturated heterocycles. The van der Waals surface area contributed by atoms with Crippen molar-refractivity contribution in [3.63, 3.8) is 0 Å². The van der Waals surface area contributed by atoms with Crippen molar-refractivity contribution < 1.29 is 18.4 Å². The Morgan fingerprint density at radius 1 is 1.02 bits per heavy atom. The van der Waals surface area contributed by atoms with Crippen LogP contribution in [0.3, 0.4) is 0 Å². The number of benzene rings is 2. The maximum absolute atomic E-state index is 13.5. The van der Waals surface area contributed by atoms with E-state index in [9.17, 15) is 18.4 Å². The number of carbonyl (C=O) groups is 2. The van der Waals surface area contributed by atoms with Crippen LogP contribution >= 0.6 is 0 Å². The first-order valence-corrected chi connectivity index (χ1v) is 14.9. The Morgan fingerprint density at radius 3 is 2.40 bits per heavy atom. The normalized spacial score (nSPS) is 18.3. The fourth-order valence-electron chi connectivity index (χ4n) is 6.58. The SMILES string of the molecule is CN(C)CC(=O)NCC(C1CCN(C(=O)/C=C/c2cc(F)cc(F)c2)CC1)N1CCC(c2c[nH]c3ccccc23)CC1. The number of hydrogen-bond acceptors (Lipinski definition) is 4. The van der Waals surface area contributed by atoms with Gasteiger partial charge in [-0.3, -0.25) is 14.5 Å². The van der Waals surface area contributed by atoms with E-state index in [4.69, 9.17) is 0 Å². The van der Waals surface area contributed by atoms with Crippen LogP contribution < -0.4 is 5.32 Å². The number of fused-ring (bicyclic) bond motifs is 1. The summed E-state index contributed by atoms with van der Waals surface area (Å²) in [4.78, 5) is 35.0. The summed E-state index contributed by atoms with van der Waals surface area (Å²) in [5.74, 6) is -0.633. The minimum absolute atomic E-state index is 0.0187. The van der Waals surface area contributed by atoms with E-state index in [1.54, 1.807) is 4.90 Å². The number of rotatable bonds is 9. The van der Waals surface area contributed by atoms with Crippen LogP contribution in [0.25, 0.3) is 17.0 Å². The third kappa shape index (κ3) is 7.44. The molecule has 3 aromatic rings. The van der Waals surface area contributed by atoms with E-state index in [1.165, 1.54) is 40.8 Å². The number of hydrogen-bond donors (Lipinski definition) is 2. The van der Waals surface area contributed by atoms with Crippen LogP contribution in [-0.4, -0.2) is 90.9 Å². The Balaban J connectivity index is 1.21. The van der Waals surface area contributed by atoms with Crippen LogP contribution in [-0.2, 0) is 9.59 Å². The van der Waals surface area contributed by atoms with Crippen LogP contribution in [0.5, 0.6) is 0 Å². The van der Waals surface area contributed by atoms with Gasteiger partial charge in [0, 0.05) is 54.9 Å². The molecule has 0 spiro atoms. The molecular formula is C33H41F2N5O2. The van der Waals surface area contributed by atoms with E-state index in [1.807, 2.05) is 19.0 Å². The number of carbonyl (C=O) groups excluding carboxylic acids is 2. The molecule has 3 heterocycles. The molecule has 0 bridgehead atoms. The highest BCUT2D eigenvalue weighted by Crippen LogP contribution is 2.35. The number of H-pyrrole nitrogens is 1. The zero-order valence-electron chi connectivity index (χ0n) is 24.5. The number of aromatic amines is 1. The molecule has 2 aliphatic rings. The van der Waals surface area contributed by atoms with Crippen molar-refractivity contribution in [2.24, 2.45) is 5.92 Å². The van der Waals surface area contributed by atoms with Gasteiger partial charge in [0.2, 0.25) is 11.8 Å². The Labute approximate surface area is 246 Å². The maximum atomic E-state index is 13.5. The van der Waals surface area contributed by atoms with Gasteiger partial charge in [-0.05, 0) is 100 Å². The van der Waals surface area contributed by atoms with Crippen LogP contribution in [0, 0.1) is 17.6 Å². The third-order valence-corrected chi connectivity index (χ3v) is 8.73. The third-order valence-electron chi connectivity index (χ3n) is 8.73. The van der Waals surface area contributed by atoms with E-state index in [-0.39, 0.29) is 17.9 Å². The first kappa shape index (κ1) is 29.9. The van der Waals surface area contributed by atoms with E-state index in [2.05, 4.69) is 45.7 Å². The fraction of sp³-hybridized carbons (Fsp3) is 0.455. The van der Waals surface area contributed by atoms with Crippen molar-refractivity contribution in [3.05, 3.63) is 77.5 Å². The first-order chi connectivity index (χ1) is 20.3. The Kier molecular flexibility index (Phi) is 9.69. The zero-order valence-corrected chi connectivity index (χ0v) is 24.5. The summed E-state index contributed by atoms with van der Waals surface area (Å²) >= 11 is 0. The van der Waals surface area contributed by atoms with Gasteiger partial charge in [-0.25, -0.2) is 8.78 Å². The molecular weight excluding hydrogens is 536 g/mol. The number of aromatic nitrogens is 1. The molecule has 5 rings (SSSR count). The number of likely N-dealkylation sites (N-methyl/N-ethyl adjacent to an activating group) is 1. The second-order valence-electron chi connectivity index (χ2n) is 11.9. The van der Waals surface area contributed by atoms with Gasteiger partial charge < -0.3 is 20.1 Å². The lowest BCUT2D eigenvalue weighted by atomic mass is 9.84. The molecule has 224 valence electrons. The van der Waals surface area contributed by atoms with E-state index in [0.29, 0.717) is 43.6 Å². The highest BCUT2D eigenvalue weighted by atomic mass is 19.1. The van der Waals surface area contributed by atoms with E-state index >= 15 is 0 Å². The number of halogens is 2. The van der Waals surface area contributed by atoms with Gasteiger partial charge in [0.15, 0.2) is 0 Å². The quantitative estimate of drug-likeness (QED) is 0.364. The van der Waals surface area contributed by atoms with Crippen LogP contribution in [0.1, 0.15) is 42.7 Å². The maximum Gasteiger partial charge on any atom is 0.246 e. The summed E-state index contributed by atoms with van der Waals surface area (Å²) in [6.07, 6.45) is 8.82. The van der Waals surface area contributed by atoms with Crippen molar-refractivity contribution in [1.29, 1.82) is 0 Å². The lowest BCUT2D eigenvalue weighted by Gasteiger charge is -2.44. The lowest BCUT2D eigenvalue weighted by molar-refractivity contribution is -0.127. The monoisotopic (exact) mass is 577 g/mol. The van der Waals surface area contributed by atoms with Crippen molar-refractivity contribution in [1.82, 2.24) is 25.0 Å². The summed E-state index contributed by atoms with van der Waals surface area (Å²) in [5, 5.41) is 4.48. The molecule has 1 unspecified atom stereocenters. The minimum Gasteiger partial charge on any atom is -0.361 e. The summed E-state index contributed by atoms with van der Waals surface area (Å²) in [6, 6.07) is 11.9. The first-order valence-electron chi connectivity index (χ1n) is 14.9. The van der Waals surface area contributed by atoms with Crippen molar-refractivity contribution in [2.75, 3.05) is 53.4 Å². The summed E-state index contributed by atoms with van der Waals surface area (Å²) in [6.45, 7) is 4.09. The predicted octanol–water partition coefficient (Wildman–Crippen LogP) is 4.62. The van der Waals surface area contributed by atoms with E-state index in [0.717, 1.165) is 44.8 Å². The van der Waals surface area contributed by atoms with Crippen molar-refractivity contribution in [2.45, 2.75) is 37.6 Å².